The monoisotopic (exact) mass is 307 g/mol. The van der Waals surface area contributed by atoms with Crippen LogP contribution in [-0.2, 0) is 9.53 Å². The summed E-state index contributed by atoms with van der Waals surface area (Å²) in [5.74, 6) is -0.393. The zero-order chi connectivity index (χ0) is 15.5. The highest BCUT2D eigenvalue weighted by atomic mass is 19.1. The second kappa shape index (κ2) is 6.73. The number of nitrogens with zero attached hydrogens (tertiary/aromatic N) is 2. The molecule has 1 amide bonds. The molecule has 2 heterocycles. The van der Waals surface area contributed by atoms with Gasteiger partial charge in [0.1, 0.15) is 11.9 Å². The molecule has 0 radical (unpaired) electrons. The first-order chi connectivity index (χ1) is 10.7. The molecule has 22 heavy (non-hydrogen) atoms. The SMILES string of the molecule is N[C@@H]1CCN(C(=O)[C@@H](c2ccccc2F)N2CCOCC2)C1. The molecule has 0 unspecified atom stereocenters. The van der Waals surface area contributed by atoms with E-state index in [0.717, 1.165) is 6.42 Å². The van der Waals surface area contributed by atoms with Crippen molar-refractivity contribution in [2.45, 2.75) is 18.5 Å². The molecule has 0 aromatic heterocycles. The third-order valence-corrected chi connectivity index (χ3v) is 4.38. The van der Waals surface area contributed by atoms with Crippen LogP contribution in [0.4, 0.5) is 4.39 Å². The van der Waals surface area contributed by atoms with Crippen LogP contribution in [0.2, 0.25) is 0 Å². The molecular formula is C16H22FN3O2. The van der Waals surface area contributed by atoms with Gasteiger partial charge in [-0.2, -0.15) is 0 Å². The number of benzene rings is 1. The maximum Gasteiger partial charge on any atom is 0.244 e. The largest absolute Gasteiger partial charge is 0.379 e. The molecule has 2 aliphatic rings. The fourth-order valence-corrected chi connectivity index (χ4v) is 3.18. The number of morpholine rings is 1. The van der Waals surface area contributed by atoms with Gasteiger partial charge >= 0.3 is 0 Å². The number of carbonyl (C=O) groups is 1. The first kappa shape index (κ1) is 15.4. The van der Waals surface area contributed by atoms with E-state index in [2.05, 4.69) is 0 Å². The first-order valence-corrected chi connectivity index (χ1v) is 7.77. The summed E-state index contributed by atoms with van der Waals surface area (Å²) >= 11 is 0. The molecule has 3 rings (SSSR count). The van der Waals surface area contributed by atoms with E-state index in [0.29, 0.717) is 45.0 Å². The quantitative estimate of drug-likeness (QED) is 0.896. The van der Waals surface area contributed by atoms with E-state index in [4.69, 9.17) is 10.5 Å². The van der Waals surface area contributed by atoms with Crippen LogP contribution < -0.4 is 5.73 Å². The molecule has 2 fully saturated rings. The van der Waals surface area contributed by atoms with Crippen LogP contribution in [0.25, 0.3) is 0 Å². The predicted octanol–water partition coefficient (Wildman–Crippen LogP) is 0.759. The normalized spacial score (nSPS) is 24.5. The lowest BCUT2D eigenvalue weighted by Crippen LogP contribution is -2.47. The molecule has 0 bridgehead atoms. The Labute approximate surface area is 129 Å². The van der Waals surface area contributed by atoms with Crippen LogP contribution in [0.3, 0.4) is 0 Å². The van der Waals surface area contributed by atoms with E-state index in [1.54, 1.807) is 23.1 Å². The molecule has 2 N–H and O–H groups in total. The Hall–Kier alpha value is -1.50. The maximum atomic E-state index is 14.3. The van der Waals surface area contributed by atoms with Gasteiger partial charge in [-0.15, -0.1) is 0 Å². The van der Waals surface area contributed by atoms with E-state index in [1.807, 2.05) is 4.90 Å². The van der Waals surface area contributed by atoms with Gasteiger partial charge in [0.25, 0.3) is 0 Å². The van der Waals surface area contributed by atoms with Crippen molar-refractivity contribution in [3.05, 3.63) is 35.6 Å². The maximum absolute atomic E-state index is 14.3. The van der Waals surface area contributed by atoms with Gasteiger partial charge in [0, 0.05) is 37.8 Å². The fraction of sp³-hybridized carbons (Fsp3) is 0.562. The Morgan fingerprint density at radius 2 is 2.00 bits per heavy atom. The summed E-state index contributed by atoms with van der Waals surface area (Å²) in [5.41, 5.74) is 6.35. The summed E-state index contributed by atoms with van der Waals surface area (Å²) in [7, 11) is 0. The Balaban J connectivity index is 1.88. The molecule has 6 heteroatoms. The van der Waals surface area contributed by atoms with Crippen LogP contribution in [0.15, 0.2) is 24.3 Å². The molecule has 5 nitrogen and oxygen atoms in total. The molecule has 1 aromatic carbocycles. The van der Waals surface area contributed by atoms with Gasteiger partial charge in [0.05, 0.1) is 13.2 Å². The molecular weight excluding hydrogens is 285 g/mol. The summed E-state index contributed by atoms with van der Waals surface area (Å²) in [5, 5.41) is 0. The van der Waals surface area contributed by atoms with Crippen LogP contribution in [0, 0.1) is 5.82 Å². The minimum Gasteiger partial charge on any atom is -0.379 e. The average molecular weight is 307 g/mol. The van der Waals surface area contributed by atoms with Crippen molar-refractivity contribution in [2.24, 2.45) is 5.73 Å². The third-order valence-electron chi connectivity index (χ3n) is 4.38. The van der Waals surface area contributed by atoms with E-state index in [1.165, 1.54) is 6.07 Å². The highest BCUT2D eigenvalue weighted by Gasteiger charge is 2.36. The summed E-state index contributed by atoms with van der Waals surface area (Å²) < 4.78 is 19.6. The van der Waals surface area contributed by atoms with Crippen molar-refractivity contribution >= 4 is 5.91 Å². The predicted molar refractivity (Wildman–Crippen MR) is 80.7 cm³/mol. The van der Waals surface area contributed by atoms with E-state index < -0.39 is 6.04 Å². The zero-order valence-corrected chi connectivity index (χ0v) is 12.6. The van der Waals surface area contributed by atoms with Crippen molar-refractivity contribution in [2.75, 3.05) is 39.4 Å². The average Bonchev–Trinajstić information content (AvgIpc) is 2.97. The van der Waals surface area contributed by atoms with Crippen molar-refractivity contribution in [3.8, 4) is 0 Å². The molecule has 2 aliphatic heterocycles. The van der Waals surface area contributed by atoms with Gasteiger partial charge in [0.2, 0.25) is 5.91 Å². The van der Waals surface area contributed by atoms with Crippen molar-refractivity contribution < 1.29 is 13.9 Å². The molecule has 1 aromatic rings. The van der Waals surface area contributed by atoms with Crippen LogP contribution in [0.1, 0.15) is 18.0 Å². The smallest absolute Gasteiger partial charge is 0.244 e. The molecule has 0 aliphatic carbocycles. The molecule has 0 spiro atoms. The van der Waals surface area contributed by atoms with Crippen molar-refractivity contribution in [1.29, 1.82) is 0 Å². The Bertz CT molecular complexity index is 534. The van der Waals surface area contributed by atoms with E-state index >= 15 is 0 Å². The topological polar surface area (TPSA) is 58.8 Å². The Morgan fingerprint density at radius 1 is 1.27 bits per heavy atom. The number of halogens is 1. The summed E-state index contributed by atoms with van der Waals surface area (Å²) in [4.78, 5) is 16.7. The lowest BCUT2D eigenvalue weighted by molar-refractivity contribution is -0.138. The Morgan fingerprint density at radius 3 is 2.64 bits per heavy atom. The minimum absolute atomic E-state index is 0.0231. The number of ether oxygens (including phenoxy) is 1. The fourth-order valence-electron chi connectivity index (χ4n) is 3.18. The summed E-state index contributed by atoms with van der Waals surface area (Å²) in [6.45, 7) is 3.59. The lowest BCUT2D eigenvalue weighted by atomic mass is 10.0. The van der Waals surface area contributed by atoms with Crippen molar-refractivity contribution in [1.82, 2.24) is 9.80 Å². The molecule has 2 saturated heterocycles. The second-order valence-corrected chi connectivity index (χ2v) is 5.91. The summed E-state index contributed by atoms with van der Waals surface area (Å²) in [6.07, 6.45) is 0.804. The second-order valence-electron chi connectivity index (χ2n) is 5.91. The number of hydrogen-bond donors (Lipinski definition) is 1. The van der Waals surface area contributed by atoms with E-state index in [9.17, 15) is 9.18 Å². The van der Waals surface area contributed by atoms with Crippen molar-refractivity contribution in [3.63, 3.8) is 0 Å². The number of hydrogen-bond acceptors (Lipinski definition) is 4. The summed E-state index contributed by atoms with van der Waals surface area (Å²) in [6, 6.07) is 5.96. The zero-order valence-electron chi connectivity index (χ0n) is 12.6. The van der Waals surface area contributed by atoms with Gasteiger partial charge in [0.15, 0.2) is 0 Å². The highest BCUT2D eigenvalue weighted by molar-refractivity contribution is 5.83. The first-order valence-electron chi connectivity index (χ1n) is 7.77. The molecule has 2 atom stereocenters. The van der Waals surface area contributed by atoms with Gasteiger partial charge in [-0.05, 0) is 12.5 Å². The number of nitrogens with two attached hydrogens (primary N) is 1. The van der Waals surface area contributed by atoms with Gasteiger partial charge in [-0.1, -0.05) is 18.2 Å². The van der Waals surface area contributed by atoms with Gasteiger partial charge < -0.3 is 15.4 Å². The molecule has 0 saturated carbocycles. The Kier molecular flexibility index (Phi) is 4.71. The van der Waals surface area contributed by atoms with Gasteiger partial charge in [-0.3, -0.25) is 9.69 Å². The molecule has 120 valence electrons. The van der Waals surface area contributed by atoms with Gasteiger partial charge in [-0.25, -0.2) is 4.39 Å². The van der Waals surface area contributed by atoms with Crippen LogP contribution in [0.5, 0.6) is 0 Å². The number of amides is 1. The highest BCUT2D eigenvalue weighted by Crippen LogP contribution is 2.27. The lowest BCUT2D eigenvalue weighted by Gasteiger charge is -2.36. The van der Waals surface area contributed by atoms with E-state index in [-0.39, 0.29) is 17.8 Å². The minimum atomic E-state index is -0.588. The van der Waals surface area contributed by atoms with Crippen LogP contribution in [-0.4, -0.2) is 61.1 Å². The standard InChI is InChI=1S/C16H22FN3O2/c17-14-4-2-1-3-13(14)15(19-7-9-22-10-8-19)16(21)20-6-5-12(18)11-20/h1-4,12,15H,5-11,18H2/t12-,15-/m1/s1. The number of rotatable bonds is 3. The van der Waals surface area contributed by atoms with Crippen LogP contribution >= 0.6 is 0 Å². The number of carbonyl (C=O) groups excluding carboxylic acids is 1. The number of likely N-dealkylation sites (tertiary alicyclic amines) is 1. The third kappa shape index (κ3) is 3.14.